The molecule has 94 valence electrons. The van der Waals surface area contributed by atoms with Crippen LogP contribution in [0.15, 0.2) is 24.3 Å². The number of benzene rings is 2. The van der Waals surface area contributed by atoms with Crippen molar-refractivity contribution in [2.24, 2.45) is 0 Å². The zero-order chi connectivity index (χ0) is 13.4. The first-order valence-corrected chi connectivity index (χ1v) is 6.69. The van der Waals surface area contributed by atoms with E-state index in [4.69, 9.17) is 63.7 Å². The standard InChI is InChI=1S/C12H6Cl5N/c13-5-1-2-6(9(18)3-5)10-7(14)4-8(15)11(16)12(10)17/h1-4H,18H2. The van der Waals surface area contributed by atoms with E-state index in [0.717, 1.165) is 0 Å². The van der Waals surface area contributed by atoms with Crippen LogP contribution in [0.1, 0.15) is 0 Å². The quantitative estimate of drug-likeness (QED) is 0.373. The van der Waals surface area contributed by atoms with E-state index < -0.39 is 0 Å². The van der Waals surface area contributed by atoms with Crippen LogP contribution in [0.4, 0.5) is 5.69 Å². The van der Waals surface area contributed by atoms with Crippen LogP contribution in [-0.2, 0) is 0 Å². The van der Waals surface area contributed by atoms with E-state index in [9.17, 15) is 0 Å². The summed E-state index contributed by atoms with van der Waals surface area (Å²) in [6.07, 6.45) is 0. The number of halogens is 5. The molecule has 0 unspecified atom stereocenters. The summed E-state index contributed by atoms with van der Waals surface area (Å²) < 4.78 is 0. The Kier molecular flexibility index (Phi) is 4.20. The zero-order valence-electron chi connectivity index (χ0n) is 8.78. The highest BCUT2D eigenvalue weighted by molar-refractivity contribution is 6.51. The van der Waals surface area contributed by atoms with Gasteiger partial charge in [-0.05, 0) is 18.2 Å². The van der Waals surface area contributed by atoms with Gasteiger partial charge in [-0.1, -0.05) is 64.1 Å². The molecule has 0 aliphatic rings. The van der Waals surface area contributed by atoms with Crippen molar-refractivity contribution < 1.29 is 0 Å². The first-order chi connectivity index (χ1) is 8.41. The highest BCUT2D eigenvalue weighted by Crippen LogP contribution is 2.44. The summed E-state index contributed by atoms with van der Waals surface area (Å²) in [4.78, 5) is 0. The third-order valence-electron chi connectivity index (χ3n) is 2.40. The van der Waals surface area contributed by atoms with Gasteiger partial charge in [0.15, 0.2) is 0 Å². The number of hydrogen-bond donors (Lipinski definition) is 1. The van der Waals surface area contributed by atoms with E-state index in [1.165, 1.54) is 6.07 Å². The maximum Gasteiger partial charge on any atom is 0.0785 e. The molecular weight excluding hydrogens is 335 g/mol. The fourth-order valence-electron chi connectivity index (χ4n) is 1.57. The zero-order valence-corrected chi connectivity index (χ0v) is 12.6. The first kappa shape index (κ1) is 14.1. The molecule has 0 aliphatic heterocycles. The van der Waals surface area contributed by atoms with Crippen LogP contribution in [-0.4, -0.2) is 0 Å². The number of nitrogen functional groups attached to an aromatic ring is 1. The molecule has 0 amide bonds. The summed E-state index contributed by atoms with van der Waals surface area (Å²) in [6.45, 7) is 0. The van der Waals surface area contributed by atoms with Crippen LogP contribution in [0, 0.1) is 0 Å². The molecule has 0 saturated carbocycles. The van der Waals surface area contributed by atoms with Crippen LogP contribution in [0.5, 0.6) is 0 Å². The van der Waals surface area contributed by atoms with Gasteiger partial charge in [0.1, 0.15) is 0 Å². The molecule has 1 nitrogen and oxygen atoms in total. The summed E-state index contributed by atoms with van der Waals surface area (Å²) in [6, 6.07) is 6.57. The SMILES string of the molecule is Nc1cc(Cl)ccc1-c1c(Cl)cc(Cl)c(Cl)c1Cl. The summed E-state index contributed by atoms with van der Waals surface area (Å²) in [5.74, 6) is 0. The van der Waals surface area contributed by atoms with Crippen molar-refractivity contribution in [3.8, 4) is 11.1 Å². The molecule has 0 heterocycles. The molecule has 2 rings (SSSR count). The predicted octanol–water partition coefficient (Wildman–Crippen LogP) is 6.20. The van der Waals surface area contributed by atoms with E-state index in [2.05, 4.69) is 0 Å². The van der Waals surface area contributed by atoms with Gasteiger partial charge >= 0.3 is 0 Å². The molecule has 6 heteroatoms. The molecule has 0 aliphatic carbocycles. The second-order valence-corrected chi connectivity index (χ2v) is 5.58. The highest BCUT2D eigenvalue weighted by Gasteiger charge is 2.17. The van der Waals surface area contributed by atoms with Crippen LogP contribution in [0.2, 0.25) is 25.1 Å². The fourth-order valence-corrected chi connectivity index (χ4v) is 2.87. The number of anilines is 1. The minimum atomic E-state index is 0.243. The highest BCUT2D eigenvalue weighted by atomic mass is 35.5. The summed E-state index contributed by atoms with van der Waals surface area (Å²) in [5.41, 5.74) is 7.57. The molecule has 0 bridgehead atoms. The predicted molar refractivity (Wildman–Crippen MR) is 81.3 cm³/mol. The molecule has 0 fully saturated rings. The van der Waals surface area contributed by atoms with Gasteiger partial charge < -0.3 is 5.73 Å². The third-order valence-corrected chi connectivity index (χ3v) is 4.19. The molecule has 2 aromatic rings. The van der Waals surface area contributed by atoms with Gasteiger partial charge in [-0.15, -0.1) is 0 Å². The fraction of sp³-hybridized carbons (Fsp3) is 0. The number of hydrogen-bond acceptors (Lipinski definition) is 1. The van der Waals surface area contributed by atoms with E-state index in [1.807, 2.05) is 0 Å². The minimum Gasteiger partial charge on any atom is -0.398 e. The summed E-state index contributed by atoms with van der Waals surface area (Å²) in [5, 5.41) is 1.71. The largest absolute Gasteiger partial charge is 0.398 e. The van der Waals surface area contributed by atoms with Gasteiger partial charge in [0.25, 0.3) is 0 Å². The van der Waals surface area contributed by atoms with Gasteiger partial charge in [0, 0.05) is 21.8 Å². The van der Waals surface area contributed by atoms with Crippen molar-refractivity contribution in [1.29, 1.82) is 0 Å². The second kappa shape index (κ2) is 5.36. The Morgan fingerprint density at radius 2 is 1.44 bits per heavy atom. The van der Waals surface area contributed by atoms with Crippen molar-refractivity contribution in [2.75, 3.05) is 5.73 Å². The Morgan fingerprint density at radius 3 is 2.06 bits per heavy atom. The molecule has 2 aromatic carbocycles. The lowest BCUT2D eigenvalue weighted by molar-refractivity contribution is 1.60. The molecular formula is C12H6Cl5N. The van der Waals surface area contributed by atoms with Crippen molar-refractivity contribution in [3.05, 3.63) is 49.4 Å². The summed E-state index contributed by atoms with van der Waals surface area (Å²) in [7, 11) is 0. The molecule has 0 spiro atoms. The molecule has 0 radical (unpaired) electrons. The Balaban J connectivity index is 2.75. The number of nitrogens with two attached hydrogens (primary N) is 1. The first-order valence-electron chi connectivity index (χ1n) is 4.80. The van der Waals surface area contributed by atoms with Gasteiger partial charge in [0.2, 0.25) is 0 Å². The Hall–Kier alpha value is -0.310. The molecule has 0 aromatic heterocycles. The summed E-state index contributed by atoms with van der Waals surface area (Å²) >= 11 is 30.0. The second-order valence-electron chi connectivity index (χ2n) is 3.57. The van der Waals surface area contributed by atoms with Gasteiger partial charge in [-0.3, -0.25) is 0 Å². The number of rotatable bonds is 1. The van der Waals surface area contributed by atoms with Gasteiger partial charge in [0.05, 0.1) is 20.1 Å². The van der Waals surface area contributed by atoms with Crippen LogP contribution >= 0.6 is 58.0 Å². The lowest BCUT2D eigenvalue weighted by Gasteiger charge is -2.12. The van der Waals surface area contributed by atoms with Gasteiger partial charge in [-0.25, -0.2) is 0 Å². The van der Waals surface area contributed by atoms with Crippen LogP contribution < -0.4 is 5.73 Å². The van der Waals surface area contributed by atoms with E-state index in [0.29, 0.717) is 31.9 Å². The maximum absolute atomic E-state index is 6.16. The van der Waals surface area contributed by atoms with E-state index >= 15 is 0 Å². The Bertz CT molecular complexity index is 624. The average molecular weight is 341 g/mol. The van der Waals surface area contributed by atoms with E-state index in [1.54, 1.807) is 18.2 Å². The maximum atomic E-state index is 6.16. The van der Waals surface area contributed by atoms with E-state index in [-0.39, 0.29) is 10.0 Å². The molecule has 0 saturated heterocycles. The molecule has 2 N–H and O–H groups in total. The van der Waals surface area contributed by atoms with Crippen molar-refractivity contribution in [3.63, 3.8) is 0 Å². The lowest BCUT2D eigenvalue weighted by Crippen LogP contribution is -1.92. The monoisotopic (exact) mass is 339 g/mol. The normalized spacial score (nSPS) is 10.7. The van der Waals surface area contributed by atoms with Crippen molar-refractivity contribution in [2.45, 2.75) is 0 Å². The Labute approximate surface area is 129 Å². The minimum absolute atomic E-state index is 0.243. The topological polar surface area (TPSA) is 26.0 Å². The van der Waals surface area contributed by atoms with Crippen LogP contribution in [0.3, 0.4) is 0 Å². The third kappa shape index (κ3) is 2.52. The Morgan fingerprint density at radius 1 is 0.778 bits per heavy atom. The van der Waals surface area contributed by atoms with Crippen molar-refractivity contribution in [1.82, 2.24) is 0 Å². The van der Waals surface area contributed by atoms with Crippen LogP contribution in [0.25, 0.3) is 11.1 Å². The van der Waals surface area contributed by atoms with Gasteiger partial charge in [-0.2, -0.15) is 0 Å². The lowest BCUT2D eigenvalue weighted by atomic mass is 10.0. The van der Waals surface area contributed by atoms with Crippen molar-refractivity contribution >= 4 is 63.7 Å². The average Bonchev–Trinajstić information content (AvgIpc) is 2.29. The molecule has 0 atom stereocenters. The smallest absolute Gasteiger partial charge is 0.0785 e. The molecule has 18 heavy (non-hydrogen) atoms.